The molecule has 0 radical (unpaired) electrons. The third-order valence-corrected chi connectivity index (χ3v) is 2.70. The molecule has 0 aromatic carbocycles. The van der Waals surface area contributed by atoms with Gasteiger partial charge in [-0.05, 0) is 12.3 Å². The number of rotatable bonds is 6. The highest BCUT2D eigenvalue weighted by molar-refractivity contribution is 5.76. The Bertz CT molecular complexity index is 205. The molecule has 0 saturated carbocycles. The molecule has 1 aliphatic rings. The summed E-state index contributed by atoms with van der Waals surface area (Å²) in [6.45, 7) is 4.98. The van der Waals surface area contributed by atoms with Crippen molar-refractivity contribution < 1.29 is 14.6 Å². The standard InChI is InChI=1S/C11H22N2O3/c1-9(2-4-14)7-13-11(15)6-10-8-16-5-3-12-10/h9-10,12,14H,2-8H2,1H3,(H,13,15). The minimum atomic E-state index is 0.0489. The van der Waals surface area contributed by atoms with Gasteiger partial charge in [-0.1, -0.05) is 6.92 Å². The molecule has 0 bridgehead atoms. The Kier molecular flexibility index (Phi) is 6.37. The smallest absolute Gasteiger partial charge is 0.221 e. The molecule has 1 amide bonds. The summed E-state index contributed by atoms with van der Waals surface area (Å²) in [6, 6.07) is 0.141. The van der Waals surface area contributed by atoms with E-state index in [1.54, 1.807) is 0 Å². The summed E-state index contributed by atoms with van der Waals surface area (Å²) >= 11 is 0. The fourth-order valence-corrected chi connectivity index (χ4v) is 1.66. The van der Waals surface area contributed by atoms with E-state index in [-0.39, 0.29) is 18.6 Å². The van der Waals surface area contributed by atoms with Crippen LogP contribution in [0.1, 0.15) is 19.8 Å². The Morgan fingerprint density at radius 1 is 1.69 bits per heavy atom. The largest absolute Gasteiger partial charge is 0.396 e. The second-order valence-corrected chi connectivity index (χ2v) is 4.35. The van der Waals surface area contributed by atoms with Gasteiger partial charge in [-0.3, -0.25) is 4.79 Å². The summed E-state index contributed by atoms with van der Waals surface area (Å²) < 4.78 is 5.27. The fourth-order valence-electron chi connectivity index (χ4n) is 1.66. The Morgan fingerprint density at radius 2 is 2.50 bits per heavy atom. The summed E-state index contributed by atoms with van der Waals surface area (Å²) in [5, 5.41) is 14.8. The van der Waals surface area contributed by atoms with E-state index in [2.05, 4.69) is 10.6 Å². The summed E-state index contributed by atoms with van der Waals surface area (Å²) in [7, 11) is 0. The lowest BCUT2D eigenvalue weighted by Gasteiger charge is -2.23. The number of hydrogen-bond acceptors (Lipinski definition) is 4. The average molecular weight is 230 g/mol. The van der Waals surface area contributed by atoms with Crippen LogP contribution >= 0.6 is 0 Å². The highest BCUT2D eigenvalue weighted by atomic mass is 16.5. The number of carbonyl (C=O) groups excluding carboxylic acids is 1. The van der Waals surface area contributed by atoms with Gasteiger partial charge in [-0.25, -0.2) is 0 Å². The van der Waals surface area contributed by atoms with E-state index < -0.39 is 0 Å². The zero-order valence-corrected chi connectivity index (χ0v) is 9.87. The zero-order chi connectivity index (χ0) is 11.8. The quantitative estimate of drug-likeness (QED) is 0.575. The summed E-state index contributed by atoms with van der Waals surface area (Å²) in [6.07, 6.45) is 1.19. The maximum Gasteiger partial charge on any atom is 0.221 e. The molecule has 5 heteroatoms. The molecule has 0 aromatic rings. The number of aliphatic hydroxyl groups is 1. The molecule has 0 aliphatic carbocycles. The van der Waals surface area contributed by atoms with Gasteiger partial charge in [0.1, 0.15) is 0 Å². The number of amides is 1. The van der Waals surface area contributed by atoms with E-state index >= 15 is 0 Å². The SMILES string of the molecule is CC(CCO)CNC(=O)CC1COCCN1. The van der Waals surface area contributed by atoms with Gasteiger partial charge in [0.2, 0.25) is 5.91 Å². The van der Waals surface area contributed by atoms with Crippen LogP contribution in [-0.2, 0) is 9.53 Å². The van der Waals surface area contributed by atoms with Crippen molar-refractivity contribution in [3.8, 4) is 0 Å². The van der Waals surface area contributed by atoms with Crippen LogP contribution in [0.15, 0.2) is 0 Å². The first kappa shape index (κ1) is 13.4. The van der Waals surface area contributed by atoms with E-state index in [1.807, 2.05) is 6.92 Å². The van der Waals surface area contributed by atoms with Crippen molar-refractivity contribution in [3.63, 3.8) is 0 Å². The highest BCUT2D eigenvalue weighted by Crippen LogP contribution is 2.00. The number of nitrogens with one attached hydrogen (secondary N) is 2. The third-order valence-electron chi connectivity index (χ3n) is 2.70. The van der Waals surface area contributed by atoms with Gasteiger partial charge in [0.15, 0.2) is 0 Å². The lowest BCUT2D eigenvalue weighted by Crippen LogP contribution is -2.44. The second-order valence-electron chi connectivity index (χ2n) is 4.35. The van der Waals surface area contributed by atoms with E-state index in [1.165, 1.54) is 0 Å². The van der Waals surface area contributed by atoms with Gasteiger partial charge >= 0.3 is 0 Å². The number of carbonyl (C=O) groups is 1. The lowest BCUT2D eigenvalue weighted by atomic mass is 10.1. The summed E-state index contributed by atoms with van der Waals surface area (Å²) in [4.78, 5) is 11.6. The van der Waals surface area contributed by atoms with Crippen LogP contribution in [0, 0.1) is 5.92 Å². The summed E-state index contributed by atoms with van der Waals surface area (Å²) in [5.74, 6) is 0.373. The Balaban J connectivity index is 2.10. The zero-order valence-electron chi connectivity index (χ0n) is 9.87. The van der Waals surface area contributed by atoms with E-state index in [4.69, 9.17) is 9.84 Å². The van der Waals surface area contributed by atoms with Crippen molar-refractivity contribution in [1.82, 2.24) is 10.6 Å². The maximum atomic E-state index is 11.6. The van der Waals surface area contributed by atoms with Gasteiger partial charge in [0.05, 0.1) is 13.2 Å². The molecule has 2 unspecified atom stereocenters. The first-order valence-corrected chi connectivity index (χ1v) is 5.91. The number of ether oxygens (including phenoxy) is 1. The van der Waals surface area contributed by atoms with Gasteiger partial charge in [0, 0.05) is 32.2 Å². The predicted octanol–water partition coefficient (Wildman–Crippen LogP) is -0.500. The van der Waals surface area contributed by atoms with Crippen LogP contribution in [0.2, 0.25) is 0 Å². The van der Waals surface area contributed by atoms with Crippen molar-refractivity contribution >= 4 is 5.91 Å². The van der Waals surface area contributed by atoms with Crippen LogP contribution in [0.4, 0.5) is 0 Å². The minimum Gasteiger partial charge on any atom is -0.396 e. The first-order valence-electron chi connectivity index (χ1n) is 5.91. The molecule has 0 spiro atoms. The van der Waals surface area contributed by atoms with Crippen LogP contribution < -0.4 is 10.6 Å². The summed E-state index contributed by atoms with van der Waals surface area (Å²) in [5.41, 5.74) is 0. The molecule has 1 saturated heterocycles. The predicted molar refractivity (Wildman–Crippen MR) is 61.1 cm³/mol. The van der Waals surface area contributed by atoms with Crippen LogP contribution in [-0.4, -0.2) is 50.0 Å². The fraction of sp³-hybridized carbons (Fsp3) is 0.909. The van der Waals surface area contributed by atoms with Gasteiger partial charge in [0.25, 0.3) is 0 Å². The van der Waals surface area contributed by atoms with Crippen molar-refractivity contribution in [2.45, 2.75) is 25.8 Å². The Hall–Kier alpha value is -0.650. The molecule has 1 aliphatic heterocycles. The van der Waals surface area contributed by atoms with Crippen LogP contribution in [0.5, 0.6) is 0 Å². The Morgan fingerprint density at radius 3 is 3.12 bits per heavy atom. The van der Waals surface area contributed by atoms with Crippen molar-refractivity contribution in [3.05, 3.63) is 0 Å². The highest BCUT2D eigenvalue weighted by Gasteiger charge is 2.16. The topological polar surface area (TPSA) is 70.6 Å². The van der Waals surface area contributed by atoms with Crippen molar-refractivity contribution in [2.75, 3.05) is 32.9 Å². The van der Waals surface area contributed by atoms with Gasteiger partial charge in [-0.2, -0.15) is 0 Å². The molecule has 5 nitrogen and oxygen atoms in total. The Labute approximate surface area is 96.6 Å². The number of hydrogen-bond donors (Lipinski definition) is 3. The third kappa shape index (κ3) is 5.44. The van der Waals surface area contributed by atoms with Crippen molar-refractivity contribution in [1.29, 1.82) is 0 Å². The normalized spacial score (nSPS) is 22.8. The van der Waals surface area contributed by atoms with E-state index in [9.17, 15) is 4.79 Å². The molecule has 3 N–H and O–H groups in total. The molecular weight excluding hydrogens is 208 g/mol. The number of morpholine rings is 1. The first-order chi connectivity index (χ1) is 7.72. The van der Waals surface area contributed by atoms with Gasteiger partial charge < -0.3 is 20.5 Å². The molecule has 1 heterocycles. The van der Waals surface area contributed by atoms with Gasteiger partial charge in [-0.15, -0.1) is 0 Å². The second kappa shape index (κ2) is 7.60. The number of aliphatic hydroxyl groups excluding tert-OH is 1. The maximum absolute atomic E-state index is 11.6. The molecule has 2 atom stereocenters. The average Bonchev–Trinajstić information content (AvgIpc) is 2.28. The van der Waals surface area contributed by atoms with Crippen LogP contribution in [0.3, 0.4) is 0 Å². The van der Waals surface area contributed by atoms with Crippen LogP contribution in [0.25, 0.3) is 0 Å². The van der Waals surface area contributed by atoms with Crippen molar-refractivity contribution in [2.24, 2.45) is 5.92 Å². The minimum absolute atomic E-state index is 0.0489. The molecule has 94 valence electrons. The molecule has 0 aromatic heterocycles. The molecular formula is C11H22N2O3. The molecule has 16 heavy (non-hydrogen) atoms. The molecule has 1 fully saturated rings. The van der Waals surface area contributed by atoms with E-state index in [0.717, 1.165) is 19.6 Å². The molecule has 1 rings (SSSR count). The monoisotopic (exact) mass is 230 g/mol. The van der Waals surface area contributed by atoms with E-state index in [0.29, 0.717) is 25.5 Å². The lowest BCUT2D eigenvalue weighted by molar-refractivity contribution is -0.122.